The number of rotatable bonds is 4. The van der Waals surface area contributed by atoms with Crippen LogP contribution in [0, 0.1) is 12.8 Å². The molecule has 0 bridgehead atoms. The number of hydrogen-bond acceptors (Lipinski definition) is 6. The van der Waals surface area contributed by atoms with Crippen LogP contribution in [0.5, 0.6) is 0 Å². The molecule has 0 N–H and O–H groups in total. The fourth-order valence-corrected chi connectivity index (χ4v) is 3.46. The van der Waals surface area contributed by atoms with Crippen molar-refractivity contribution in [1.82, 2.24) is 20.3 Å². The van der Waals surface area contributed by atoms with Crippen molar-refractivity contribution in [3.63, 3.8) is 0 Å². The third-order valence-electron chi connectivity index (χ3n) is 4.69. The van der Waals surface area contributed by atoms with E-state index in [2.05, 4.69) is 27.2 Å². The molecule has 4 rings (SSSR count). The summed E-state index contributed by atoms with van der Waals surface area (Å²) in [4.78, 5) is 2.38. The van der Waals surface area contributed by atoms with Crippen LogP contribution >= 0.6 is 0 Å². The maximum Gasteiger partial charge on any atom is 0.253 e. The van der Waals surface area contributed by atoms with Crippen molar-refractivity contribution < 1.29 is 8.94 Å². The van der Waals surface area contributed by atoms with E-state index >= 15 is 0 Å². The van der Waals surface area contributed by atoms with Crippen LogP contribution < -0.4 is 0 Å². The summed E-state index contributed by atoms with van der Waals surface area (Å²) in [6.07, 6.45) is 2.52. The summed E-state index contributed by atoms with van der Waals surface area (Å²) in [6.45, 7) is 7.02. The molecule has 0 unspecified atom stereocenters. The summed E-state index contributed by atoms with van der Waals surface area (Å²) >= 11 is 0. The lowest BCUT2D eigenvalue weighted by Gasteiger charge is -2.29. The molecular formula is C19H22N4O2. The average Bonchev–Trinajstić information content (AvgIpc) is 3.22. The normalized spacial score (nSPS) is 18.6. The minimum absolute atomic E-state index is 0.470. The SMILES string of the molecule is Cc1onc(-c2ccccc2)c1-c1nnc(CN2CCC[C@@H](C)C2)o1. The van der Waals surface area contributed by atoms with Crippen molar-refractivity contribution in [3.05, 3.63) is 42.0 Å². The van der Waals surface area contributed by atoms with Crippen molar-refractivity contribution in [3.8, 4) is 22.7 Å². The number of likely N-dealkylation sites (tertiary alicyclic amines) is 1. The maximum absolute atomic E-state index is 5.95. The van der Waals surface area contributed by atoms with Crippen molar-refractivity contribution in [2.75, 3.05) is 13.1 Å². The first kappa shape index (κ1) is 16.0. The van der Waals surface area contributed by atoms with E-state index in [4.69, 9.17) is 8.94 Å². The molecule has 3 aromatic rings. The Morgan fingerprint density at radius 1 is 1.20 bits per heavy atom. The standard InChI is InChI=1S/C19H22N4O2/c1-13-7-6-10-23(11-13)12-16-20-21-19(24-16)17-14(2)25-22-18(17)15-8-4-3-5-9-15/h3-5,8-9,13H,6-7,10-12H2,1-2H3/t13-/m1/s1. The number of aryl methyl sites for hydroxylation is 1. The molecule has 3 heterocycles. The molecule has 0 saturated carbocycles. The van der Waals surface area contributed by atoms with Crippen LogP contribution in [0.1, 0.15) is 31.4 Å². The van der Waals surface area contributed by atoms with Crippen molar-refractivity contribution in [2.45, 2.75) is 33.2 Å². The Kier molecular flexibility index (Phi) is 4.36. The highest BCUT2D eigenvalue weighted by Crippen LogP contribution is 2.33. The van der Waals surface area contributed by atoms with Crippen LogP contribution in [-0.2, 0) is 6.54 Å². The van der Waals surface area contributed by atoms with Gasteiger partial charge in [-0.1, -0.05) is 42.4 Å². The topological polar surface area (TPSA) is 68.2 Å². The smallest absolute Gasteiger partial charge is 0.253 e. The summed E-state index contributed by atoms with van der Waals surface area (Å²) in [6, 6.07) is 9.90. The van der Waals surface area contributed by atoms with Crippen molar-refractivity contribution >= 4 is 0 Å². The lowest BCUT2D eigenvalue weighted by Crippen LogP contribution is -2.33. The van der Waals surface area contributed by atoms with Gasteiger partial charge in [-0.15, -0.1) is 10.2 Å². The summed E-state index contributed by atoms with van der Waals surface area (Å²) in [7, 11) is 0. The largest absolute Gasteiger partial charge is 0.419 e. The predicted octanol–water partition coefficient (Wildman–Crippen LogP) is 3.93. The molecule has 2 aromatic heterocycles. The zero-order valence-corrected chi connectivity index (χ0v) is 14.6. The third kappa shape index (κ3) is 3.35. The summed E-state index contributed by atoms with van der Waals surface area (Å²) in [5.74, 6) is 2.52. The van der Waals surface area contributed by atoms with Gasteiger partial charge in [0.15, 0.2) is 0 Å². The van der Waals surface area contributed by atoms with Crippen molar-refractivity contribution in [2.24, 2.45) is 5.92 Å². The minimum atomic E-state index is 0.470. The van der Waals surface area contributed by atoms with Gasteiger partial charge in [0.05, 0.1) is 6.54 Å². The first-order valence-electron chi connectivity index (χ1n) is 8.77. The molecule has 1 aliphatic heterocycles. The minimum Gasteiger partial charge on any atom is -0.419 e. The Hall–Kier alpha value is -2.47. The molecule has 130 valence electrons. The number of hydrogen-bond donors (Lipinski definition) is 0. The monoisotopic (exact) mass is 338 g/mol. The molecule has 0 radical (unpaired) electrons. The van der Waals surface area contributed by atoms with Crippen LogP contribution in [0.3, 0.4) is 0 Å². The van der Waals surface area contributed by atoms with Gasteiger partial charge in [0.25, 0.3) is 5.89 Å². The Morgan fingerprint density at radius 3 is 2.84 bits per heavy atom. The van der Waals surface area contributed by atoms with Gasteiger partial charge in [-0.2, -0.15) is 0 Å². The van der Waals surface area contributed by atoms with E-state index in [0.29, 0.717) is 24.1 Å². The Bertz CT molecular complexity index is 840. The molecule has 1 saturated heterocycles. The summed E-state index contributed by atoms with van der Waals surface area (Å²) in [5.41, 5.74) is 2.48. The molecule has 1 aliphatic rings. The highest BCUT2D eigenvalue weighted by atomic mass is 16.5. The van der Waals surface area contributed by atoms with E-state index in [1.807, 2.05) is 37.3 Å². The molecule has 6 nitrogen and oxygen atoms in total. The van der Waals surface area contributed by atoms with Gasteiger partial charge in [0.1, 0.15) is 17.0 Å². The van der Waals surface area contributed by atoms with Gasteiger partial charge in [-0.3, -0.25) is 4.90 Å². The molecule has 6 heteroatoms. The Labute approximate surface area is 146 Å². The quantitative estimate of drug-likeness (QED) is 0.718. The molecule has 0 amide bonds. The zero-order chi connectivity index (χ0) is 17.2. The van der Waals surface area contributed by atoms with Gasteiger partial charge in [-0.25, -0.2) is 0 Å². The second-order valence-electron chi connectivity index (χ2n) is 6.81. The van der Waals surface area contributed by atoms with Gasteiger partial charge >= 0.3 is 0 Å². The summed E-state index contributed by atoms with van der Waals surface area (Å²) in [5, 5.41) is 12.7. The van der Waals surface area contributed by atoms with E-state index in [0.717, 1.165) is 35.8 Å². The lowest BCUT2D eigenvalue weighted by atomic mass is 10.0. The number of benzene rings is 1. The Morgan fingerprint density at radius 2 is 2.04 bits per heavy atom. The van der Waals surface area contributed by atoms with Crippen LogP contribution in [0.2, 0.25) is 0 Å². The predicted molar refractivity (Wildman–Crippen MR) is 93.6 cm³/mol. The highest BCUT2D eigenvalue weighted by Gasteiger charge is 2.23. The van der Waals surface area contributed by atoms with Crippen LogP contribution in [0.15, 0.2) is 39.3 Å². The third-order valence-corrected chi connectivity index (χ3v) is 4.69. The number of aromatic nitrogens is 3. The van der Waals surface area contributed by atoms with Crippen LogP contribution in [0.25, 0.3) is 22.7 Å². The van der Waals surface area contributed by atoms with Gasteiger partial charge < -0.3 is 8.94 Å². The molecule has 0 spiro atoms. The number of piperidine rings is 1. The second-order valence-corrected chi connectivity index (χ2v) is 6.81. The fraction of sp³-hybridized carbons (Fsp3) is 0.421. The molecule has 1 aromatic carbocycles. The molecule has 1 atom stereocenters. The van der Waals surface area contributed by atoms with Crippen molar-refractivity contribution in [1.29, 1.82) is 0 Å². The van der Waals surface area contributed by atoms with Gasteiger partial charge in [0, 0.05) is 12.1 Å². The molecule has 25 heavy (non-hydrogen) atoms. The van der Waals surface area contributed by atoms with Gasteiger partial charge in [-0.05, 0) is 32.2 Å². The lowest BCUT2D eigenvalue weighted by molar-refractivity contribution is 0.163. The van der Waals surface area contributed by atoms with E-state index < -0.39 is 0 Å². The zero-order valence-electron chi connectivity index (χ0n) is 14.6. The first-order chi connectivity index (χ1) is 12.2. The highest BCUT2D eigenvalue weighted by molar-refractivity contribution is 5.77. The second kappa shape index (κ2) is 6.80. The molecular weight excluding hydrogens is 316 g/mol. The van der Waals surface area contributed by atoms with E-state index in [-0.39, 0.29) is 0 Å². The molecule has 0 aliphatic carbocycles. The first-order valence-corrected chi connectivity index (χ1v) is 8.77. The van der Waals surface area contributed by atoms with E-state index in [9.17, 15) is 0 Å². The Balaban J connectivity index is 1.59. The van der Waals surface area contributed by atoms with E-state index in [1.54, 1.807) is 0 Å². The molecule has 1 fully saturated rings. The van der Waals surface area contributed by atoms with Crippen LogP contribution in [-0.4, -0.2) is 33.3 Å². The summed E-state index contributed by atoms with van der Waals surface area (Å²) < 4.78 is 11.3. The maximum atomic E-state index is 5.95. The average molecular weight is 338 g/mol. The van der Waals surface area contributed by atoms with Crippen LogP contribution in [0.4, 0.5) is 0 Å². The fourth-order valence-electron chi connectivity index (χ4n) is 3.46. The van der Waals surface area contributed by atoms with E-state index in [1.165, 1.54) is 12.8 Å². The van der Waals surface area contributed by atoms with Gasteiger partial charge in [0.2, 0.25) is 5.89 Å². The number of nitrogens with zero attached hydrogens (tertiary/aromatic N) is 4.